The Labute approximate surface area is 120 Å². The molecule has 0 atom stereocenters. The Kier molecular flexibility index (Phi) is 3.81. The summed E-state index contributed by atoms with van der Waals surface area (Å²) in [6.07, 6.45) is 0.558. The minimum atomic E-state index is -5.65. The molecule has 0 aromatic heterocycles. The molecule has 0 aliphatic heterocycles. The maximum Gasteiger partial charge on any atom is 0.399 e. The van der Waals surface area contributed by atoms with Crippen LogP contribution in [0.4, 0.5) is 8.78 Å². The average molecular weight is 365 g/mol. The summed E-state index contributed by atoms with van der Waals surface area (Å²) in [6.45, 7) is 0. The van der Waals surface area contributed by atoms with Crippen molar-refractivity contribution < 1.29 is 27.9 Å². The third kappa shape index (κ3) is 2.54. The SMILES string of the molecule is O=Cc1ccc2cc(Br)c(C(F)(F)P(=O)(O)O)cc2c1. The third-order valence-electron chi connectivity index (χ3n) is 2.78. The summed E-state index contributed by atoms with van der Waals surface area (Å²) in [7, 11) is -5.65. The zero-order valence-electron chi connectivity index (χ0n) is 9.76. The molecule has 2 aromatic carbocycles. The molecule has 0 amide bonds. The van der Waals surface area contributed by atoms with Gasteiger partial charge in [-0.3, -0.25) is 9.36 Å². The Balaban J connectivity index is 2.74. The smallest absolute Gasteiger partial charge is 0.320 e. The van der Waals surface area contributed by atoms with Gasteiger partial charge >= 0.3 is 13.3 Å². The standard InChI is InChI=1S/C12H8BrF2O4P/c13-11-5-8-2-1-7(6-16)3-9(8)4-10(11)12(14,15)20(17,18)19/h1-6H,(H2,17,18,19). The van der Waals surface area contributed by atoms with Gasteiger partial charge in [-0.05, 0) is 29.0 Å². The van der Waals surface area contributed by atoms with Crippen LogP contribution < -0.4 is 0 Å². The molecule has 0 saturated heterocycles. The molecule has 0 unspecified atom stereocenters. The summed E-state index contributed by atoms with van der Waals surface area (Å²) in [5.74, 6) is 0. The molecule has 0 aliphatic carbocycles. The van der Waals surface area contributed by atoms with Crippen LogP contribution >= 0.6 is 23.5 Å². The fourth-order valence-electron chi connectivity index (χ4n) is 1.75. The van der Waals surface area contributed by atoms with Crippen molar-refractivity contribution in [3.05, 3.63) is 45.9 Å². The van der Waals surface area contributed by atoms with Gasteiger partial charge in [-0.15, -0.1) is 0 Å². The number of benzene rings is 2. The third-order valence-corrected chi connectivity index (χ3v) is 4.40. The minimum absolute atomic E-state index is 0.114. The van der Waals surface area contributed by atoms with Crippen molar-refractivity contribution >= 4 is 40.6 Å². The van der Waals surface area contributed by atoms with Crippen LogP contribution in [0.25, 0.3) is 10.8 Å². The van der Waals surface area contributed by atoms with Gasteiger partial charge in [0.1, 0.15) is 6.29 Å². The number of halogens is 3. The normalized spacial score (nSPS) is 12.7. The molecule has 0 radical (unpaired) electrons. The van der Waals surface area contributed by atoms with Gasteiger partial charge in [0, 0.05) is 15.6 Å². The molecule has 20 heavy (non-hydrogen) atoms. The maximum absolute atomic E-state index is 13.8. The molecule has 4 nitrogen and oxygen atoms in total. The largest absolute Gasteiger partial charge is 0.399 e. The first-order valence-electron chi connectivity index (χ1n) is 5.29. The predicted molar refractivity (Wildman–Crippen MR) is 73.0 cm³/mol. The highest BCUT2D eigenvalue weighted by molar-refractivity contribution is 9.10. The van der Waals surface area contributed by atoms with Gasteiger partial charge in [-0.25, -0.2) is 0 Å². The molecule has 2 N–H and O–H groups in total. The Morgan fingerprint density at radius 2 is 1.80 bits per heavy atom. The highest BCUT2D eigenvalue weighted by Gasteiger charge is 2.51. The van der Waals surface area contributed by atoms with Gasteiger partial charge in [0.15, 0.2) is 0 Å². The highest BCUT2D eigenvalue weighted by Crippen LogP contribution is 2.60. The number of carbonyl (C=O) groups excluding carboxylic acids is 1. The van der Waals surface area contributed by atoms with E-state index in [1.807, 2.05) is 0 Å². The number of aldehydes is 1. The molecule has 0 bridgehead atoms. The number of hydrogen-bond donors (Lipinski definition) is 2. The lowest BCUT2D eigenvalue weighted by Crippen LogP contribution is -2.14. The minimum Gasteiger partial charge on any atom is -0.320 e. The topological polar surface area (TPSA) is 74.6 Å². The van der Waals surface area contributed by atoms with Gasteiger partial charge in [0.05, 0.1) is 0 Å². The van der Waals surface area contributed by atoms with Crippen molar-refractivity contribution in [1.82, 2.24) is 0 Å². The van der Waals surface area contributed by atoms with Gasteiger partial charge in [0.2, 0.25) is 0 Å². The maximum atomic E-state index is 13.8. The summed E-state index contributed by atoms with van der Waals surface area (Å²) < 4.78 is 38.4. The van der Waals surface area contributed by atoms with Crippen LogP contribution in [0.1, 0.15) is 15.9 Å². The number of hydrogen-bond acceptors (Lipinski definition) is 2. The lowest BCUT2D eigenvalue weighted by Gasteiger charge is -2.19. The van der Waals surface area contributed by atoms with Crippen LogP contribution in [0.5, 0.6) is 0 Å². The zero-order valence-corrected chi connectivity index (χ0v) is 12.2. The van der Waals surface area contributed by atoms with Crippen LogP contribution in [-0.2, 0) is 10.2 Å². The summed E-state index contributed by atoms with van der Waals surface area (Å²) >= 11 is 2.89. The molecule has 2 aromatic rings. The lowest BCUT2D eigenvalue weighted by molar-refractivity contribution is 0.0559. The van der Waals surface area contributed by atoms with Crippen LogP contribution in [0.2, 0.25) is 0 Å². The molecular formula is C12H8BrF2O4P. The molecule has 0 spiro atoms. The molecule has 8 heteroatoms. The van der Waals surface area contributed by atoms with E-state index in [9.17, 15) is 18.1 Å². The van der Waals surface area contributed by atoms with Gasteiger partial charge in [-0.1, -0.05) is 28.1 Å². The zero-order chi connectivity index (χ0) is 15.1. The van der Waals surface area contributed by atoms with E-state index >= 15 is 0 Å². The van der Waals surface area contributed by atoms with Gasteiger partial charge in [0.25, 0.3) is 0 Å². The fourth-order valence-corrected chi connectivity index (χ4v) is 3.01. The highest BCUT2D eigenvalue weighted by atomic mass is 79.9. The van der Waals surface area contributed by atoms with E-state index in [0.29, 0.717) is 17.1 Å². The lowest BCUT2D eigenvalue weighted by atomic mass is 10.0. The van der Waals surface area contributed by atoms with Gasteiger partial charge < -0.3 is 9.79 Å². The Morgan fingerprint density at radius 1 is 1.15 bits per heavy atom. The van der Waals surface area contributed by atoms with Crippen molar-refractivity contribution in [3.8, 4) is 0 Å². The number of alkyl halides is 2. The van der Waals surface area contributed by atoms with E-state index < -0.39 is 18.8 Å². The summed E-state index contributed by atoms with van der Waals surface area (Å²) in [4.78, 5) is 28.2. The molecule has 2 rings (SSSR count). The molecule has 0 fully saturated rings. The van der Waals surface area contributed by atoms with Crippen molar-refractivity contribution in [2.75, 3.05) is 0 Å². The second-order valence-electron chi connectivity index (χ2n) is 4.14. The van der Waals surface area contributed by atoms with Crippen LogP contribution in [-0.4, -0.2) is 16.1 Å². The number of carbonyl (C=O) groups is 1. The first kappa shape index (κ1) is 15.3. The first-order chi connectivity index (χ1) is 9.16. The number of fused-ring (bicyclic) bond motifs is 1. The van der Waals surface area contributed by atoms with Gasteiger partial charge in [-0.2, -0.15) is 8.78 Å². The van der Waals surface area contributed by atoms with E-state index in [0.717, 1.165) is 6.07 Å². The monoisotopic (exact) mass is 364 g/mol. The Morgan fingerprint density at radius 3 is 2.35 bits per heavy atom. The molecule has 106 valence electrons. The quantitative estimate of drug-likeness (QED) is 0.644. The van der Waals surface area contributed by atoms with Crippen LogP contribution in [0, 0.1) is 0 Å². The number of rotatable bonds is 3. The molecular weight excluding hydrogens is 357 g/mol. The van der Waals surface area contributed by atoms with E-state index in [4.69, 9.17) is 9.79 Å². The summed E-state index contributed by atoms with van der Waals surface area (Å²) in [6, 6.07) is 6.73. The van der Waals surface area contributed by atoms with Crippen molar-refractivity contribution in [3.63, 3.8) is 0 Å². The fraction of sp³-hybridized carbons (Fsp3) is 0.0833. The average Bonchev–Trinajstić information content (AvgIpc) is 2.35. The second kappa shape index (κ2) is 5.00. The predicted octanol–water partition coefficient (Wildman–Crippen LogP) is 3.64. The van der Waals surface area contributed by atoms with Crippen molar-refractivity contribution in [2.45, 2.75) is 5.66 Å². The van der Waals surface area contributed by atoms with Crippen molar-refractivity contribution in [2.24, 2.45) is 0 Å². The molecule has 0 aliphatic rings. The molecule has 0 heterocycles. The van der Waals surface area contributed by atoms with E-state index in [1.54, 1.807) is 6.07 Å². The molecule has 0 saturated carbocycles. The van der Waals surface area contributed by atoms with Crippen molar-refractivity contribution in [1.29, 1.82) is 0 Å². The van der Waals surface area contributed by atoms with Crippen LogP contribution in [0.15, 0.2) is 34.8 Å². The summed E-state index contributed by atoms with van der Waals surface area (Å²) in [5.41, 5.74) is -4.84. The second-order valence-corrected chi connectivity index (χ2v) is 6.65. The first-order valence-corrected chi connectivity index (χ1v) is 7.70. The van der Waals surface area contributed by atoms with E-state index in [1.165, 1.54) is 18.2 Å². The van der Waals surface area contributed by atoms with E-state index in [-0.39, 0.29) is 10.0 Å². The Hall–Kier alpha value is -1.14. The van der Waals surface area contributed by atoms with E-state index in [2.05, 4.69) is 15.9 Å². The Bertz CT molecular complexity index is 742. The summed E-state index contributed by atoms with van der Waals surface area (Å²) in [5, 5.41) is 0.855. The van der Waals surface area contributed by atoms with Crippen LogP contribution in [0.3, 0.4) is 0 Å².